The van der Waals surface area contributed by atoms with E-state index in [0.29, 0.717) is 12.2 Å². The average molecular weight is 200 g/mol. The fraction of sp³-hybridized carbons (Fsp3) is 0.400. The Balaban J connectivity index is 2.42. The highest BCUT2D eigenvalue weighted by Gasteiger charge is 2.01. The molecule has 0 bridgehead atoms. The lowest BCUT2D eigenvalue weighted by molar-refractivity contribution is 0.584. The molecule has 0 aliphatic heterocycles. The van der Waals surface area contributed by atoms with Crippen LogP contribution in [-0.4, -0.2) is 20.1 Å². The number of hydrogen-bond donors (Lipinski definition) is 2. The van der Waals surface area contributed by atoms with E-state index in [1.165, 1.54) is 12.1 Å². The molecule has 2 nitrogen and oxygen atoms in total. The largest absolute Gasteiger partial charge is 0.383 e. The predicted molar refractivity (Wildman–Crippen MR) is 53.4 cm³/mol. The predicted octanol–water partition coefficient (Wildman–Crippen LogP) is 1.99. The molecule has 0 saturated carbocycles. The van der Waals surface area contributed by atoms with Crippen LogP contribution < -0.4 is 10.6 Å². The summed E-state index contributed by atoms with van der Waals surface area (Å²) in [7, 11) is 1.86. The fourth-order valence-corrected chi connectivity index (χ4v) is 1.12. The molecule has 0 radical (unpaired) electrons. The molecule has 0 aromatic heterocycles. The zero-order chi connectivity index (χ0) is 10.4. The maximum atomic E-state index is 13.0. The summed E-state index contributed by atoms with van der Waals surface area (Å²) in [5.74, 6) is -1.10. The molecule has 0 fully saturated rings. The van der Waals surface area contributed by atoms with Crippen LogP contribution in [0.1, 0.15) is 6.42 Å². The number of hydrogen-bond acceptors (Lipinski definition) is 2. The molecular weight excluding hydrogens is 186 g/mol. The van der Waals surface area contributed by atoms with Gasteiger partial charge in [0.1, 0.15) is 11.6 Å². The van der Waals surface area contributed by atoms with E-state index in [1.807, 2.05) is 7.05 Å². The Kier molecular flexibility index (Phi) is 4.32. The second-order valence-electron chi connectivity index (χ2n) is 3.01. The van der Waals surface area contributed by atoms with Crippen molar-refractivity contribution in [3.63, 3.8) is 0 Å². The Morgan fingerprint density at radius 3 is 2.64 bits per heavy atom. The first-order chi connectivity index (χ1) is 6.74. The molecule has 1 aromatic carbocycles. The van der Waals surface area contributed by atoms with Crippen molar-refractivity contribution in [2.75, 3.05) is 25.5 Å². The second kappa shape index (κ2) is 5.54. The Labute approximate surface area is 82.3 Å². The van der Waals surface area contributed by atoms with Gasteiger partial charge >= 0.3 is 0 Å². The molecule has 1 aromatic rings. The van der Waals surface area contributed by atoms with Crippen LogP contribution in [0.3, 0.4) is 0 Å². The summed E-state index contributed by atoms with van der Waals surface area (Å²) in [5, 5.41) is 5.88. The molecule has 0 amide bonds. The van der Waals surface area contributed by atoms with Gasteiger partial charge in [-0.05, 0) is 32.1 Å². The number of nitrogens with one attached hydrogen (secondary N) is 2. The van der Waals surface area contributed by atoms with Gasteiger partial charge in [-0.15, -0.1) is 0 Å². The van der Waals surface area contributed by atoms with Gasteiger partial charge in [-0.25, -0.2) is 8.78 Å². The molecule has 78 valence electrons. The van der Waals surface area contributed by atoms with E-state index in [-0.39, 0.29) is 0 Å². The van der Waals surface area contributed by atoms with Gasteiger partial charge in [0.2, 0.25) is 0 Å². The molecule has 0 spiro atoms. The first-order valence-corrected chi connectivity index (χ1v) is 4.57. The van der Waals surface area contributed by atoms with E-state index in [0.717, 1.165) is 19.0 Å². The molecule has 0 atom stereocenters. The van der Waals surface area contributed by atoms with E-state index in [9.17, 15) is 8.78 Å². The highest BCUT2D eigenvalue weighted by Crippen LogP contribution is 2.14. The van der Waals surface area contributed by atoms with Gasteiger partial charge in [0, 0.05) is 12.6 Å². The summed E-state index contributed by atoms with van der Waals surface area (Å²) in [6.07, 6.45) is 0.896. The molecular formula is C10H14F2N2. The van der Waals surface area contributed by atoms with Crippen LogP contribution in [-0.2, 0) is 0 Å². The van der Waals surface area contributed by atoms with E-state index in [1.54, 1.807) is 0 Å². The van der Waals surface area contributed by atoms with Crippen molar-refractivity contribution < 1.29 is 8.78 Å². The second-order valence-corrected chi connectivity index (χ2v) is 3.01. The van der Waals surface area contributed by atoms with E-state index in [4.69, 9.17) is 0 Å². The van der Waals surface area contributed by atoms with Crippen molar-refractivity contribution in [3.05, 3.63) is 29.8 Å². The lowest BCUT2D eigenvalue weighted by Gasteiger charge is -2.06. The van der Waals surface area contributed by atoms with Crippen LogP contribution in [0.2, 0.25) is 0 Å². The lowest BCUT2D eigenvalue weighted by atomic mass is 10.3. The standard InChI is InChI=1S/C10H14F2N2/c1-13-5-2-6-14-10-4-3-8(11)7-9(10)12/h3-4,7,13-14H,2,5-6H2,1H3. The van der Waals surface area contributed by atoms with Gasteiger partial charge in [-0.2, -0.15) is 0 Å². The molecule has 0 aliphatic carbocycles. The number of rotatable bonds is 5. The van der Waals surface area contributed by atoms with Gasteiger partial charge in [0.05, 0.1) is 5.69 Å². The smallest absolute Gasteiger partial charge is 0.149 e. The quantitative estimate of drug-likeness (QED) is 0.710. The first kappa shape index (κ1) is 10.9. The zero-order valence-corrected chi connectivity index (χ0v) is 8.11. The Bertz CT molecular complexity index is 289. The van der Waals surface area contributed by atoms with Crippen LogP contribution in [0.15, 0.2) is 18.2 Å². The number of anilines is 1. The van der Waals surface area contributed by atoms with Crippen molar-refractivity contribution >= 4 is 5.69 Å². The minimum Gasteiger partial charge on any atom is -0.383 e. The maximum absolute atomic E-state index is 13.0. The zero-order valence-electron chi connectivity index (χ0n) is 8.11. The van der Waals surface area contributed by atoms with Crippen molar-refractivity contribution in [2.45, 2.75) is 6.42 Å². The molecule has 2 N–H and O–H groups in total. The van der Waals surface area contributed by atoms with Crippen LogP contribution in [0, 0.1) is 11.6 Å². The highest BCUT2D eigenvalue weighted by atomic mass is 19.1. The van der Waals surface area contributed by atoms with Gasteiger partial charge in [0.15, 0.2) is 0 Å². The third kappa shape index (κ3) is 3.30. The summed E-state index contributed by atoms with van der Waals surface area (Å²) in [6.45, 7) is 1.54. The van der Waals surface area contributed by atoms with Crippen molar-refractivity contribution in [3.8, 4) is 0 Å². The highest BCUT2D eigenvalue weighted by molar-refractivity contribution is 5.44. The topological polar surface area (TPSA) is 24.1 Å². The Morgan fingerprint density at radius 1 is 1.21 bits per heavy atom. The van der Waals surface area contributed by atoms with Gasteiger partial charge in [0.25, 0.3) is 0 Å². The van der Waals surface area contributed by atoms with Crippen LogP contribution in [0.4, 0.5) is 14.5 Å². The molecule has 4 heteroatoms. The van der Waals surface area contributed by atoms with Crippen LogP contribution in [0.5, 0.6) is 0 Å². The van der Waals surface area contributed by atoms with Gasteiger partial charge < -0.3 is 10.6 Å². The minimum absolute atomic E-state index is 0.350. The number of halogens is 2. The van der Waals surface area contributed by atoms with Crippen molar-refractivity contribution in [1.29, 1.82) is 0 Å². The van der Waals surface area contributed by atoms with Crippen molar-refractivity contribution in [1.82, 2.24) is 5.32 Å². The summed E-state index contributed by atoms with van der Waals surface area (Å²) in [6, 6.07) is 3.52. The van der Waals surface area contributed by atoms with Crippen molar-refractivity contribution in [2.24, 2.45) is 0 Å². The maximum Gasteiger partial charge on any atom is 0.149 e. The van der Waals surface area contributed by atoms with Crippen LogP contribution in [0.25, 0.3) is 0 Å². The first-order valence-electron chi connectivity index (χ1n) is 4.57. The minimum atomic E-state index is -0.553. The molecule has 0 heterocycles. The summed E-state index contributed by atoms with van der Waals surface area (Å²) < 4.78 is 25.6. The third-order valence-electron chi connectivity index (χ3n) is 1.85. The Morgan fingerprint density at radius 2 is 2.00 bits per heavy atom. The van der Waals surface area contributed by atoms with E-state index >= 15 is 0 Å². The molecule has 14 heavy (non-hydrogen) atoms. The summed E-state index contributed by atoms with van der Waals surface area (Å²) >= 11 is 0. The fourth-order valence-electron chi connectivity index (χ4n) is 1.12. The molecule has 0 aliphatic rings. The lowest BCUT2D eigenvalue weighted by Crippen LogP contribution is -2.13. The van der Waals surface area contributed by atoms with Gasteiger partial charge in [-0.3, -0.25) is 0 Å². The summed E-state index contributed by atoms with van der Waals surface area (Å²) in [5.41, 5.74) is 0.350. The third-order valence-corrected chi connectivity index (χ3v) is 1.85. The normalized spacial score (nSPS) is 10.2. The van der Waals surface area contributed by atoms with Gasteiger partial charge in [-0.1, -0.05) is 0 Å². The summed E-state index contributed by atoms with van der Waals surface area (Å²) in [4.78, 5) is 0. The molecule has 1 rings (SSSR count). The number of benzene rings is 1. The molecule has 0 unspecified atom stereocenters. The van der Waals surface area contributed by atoms with E-state index < -0.39 is 11.6 Å². The molecule has 0 saturated heterocycles. The SMILES string of the molecule is CNCCCNc1ccc(F)cc1F. The van der Waals surface area contributed by atoms with E-state index in [2.05, 4.69) is 10.6 Å². The monoisotopic (exact) mass is 200 g/mol. The average Bonchev–Trinajstić information content (AvgIpc) is 2.15. The Hall–Kier alpha value is -1.16. The van der Waals surface area contributed by atoms with Crippen LogP contribution >= 0.6 is 0 Å².